The molecule has 3 heterocycles. The van der Waals surface area contributed by atoms with Crippen LogP contribution in [0, 0.1) is 0 Å². The standard InChI is InChI=1S/C67H67N5S/c1-64(2,3)45-40-53-51-32-22-24-34-57(51)71(59(53)55(42-45)66(7,8)9)62-68-61(69-63(70-62)72-58-35-25-23-33-52(58)54-41-46(65(4,5)6)43-56(60(54)72)67(10,11)12)44-36-38-50(39-37-44)73(47-26-16-13-17-27-47,48-28-18-14-19-29-48)49-30-20-15-21-31-49/h13-43H,1-12H3. The molecule has 0 aliphatic heterocycles. The van der Waals surface area contributed by atoms with Gasteiger partial charge in [0, 0.05) is 46.7 Å². The number of nitrogens with zero attached hydrogens (tertiary/aromatic N) is 5. The Hall–Kier alpha value is -7.28. The molecule has 6 heteroatoms. The summed E-state index contributed by atoms with van der Waals surface area (Å²) in [5.41, 5.74) is 9.85. The van der Waals surface area contributed by atoms with Crippen molar-refractivity contribution in [1.29, 1.82) is 0 Å². The van der Waals surface area contributed by atoms with Gasteiger partial charge in [-0.3, -0.25) is 9.13 Å². The van der Waals surface area contributed by atoms with Gasteiger partial charge in [-0.1, -0.05) is 198 Å². The third-order valence-electron chi connectivity index (χ3n) is 14.7. The van der Waals surface area contributed by atoms with Crippen LogP contribution in [0.2, 0.25) is 0 Å². The first-order valence-corrected chi connectivity index (χ1v) is 27.4. The predicted molar refractivity (Wildman–Crippen MR) is 309 cm³/mol. The van der Waals surface area contributed by atoms with Gasteiger partial charge < -0.3 is 0 Å². The topological polar surface area (TPSA) is 48.5 Å². The lowest BCUT2D eigenvalue weighted by Crippen LogP contribution is -2.19. The molecule has 11 rings (SSSR count). The van der Waals surface area contributed by atoms with E-state index in [0.717, 1.165) is 27.6 Å². The quantitative estimate of drug-likeness (QED) is 0.160. The van der Waals surface area contributed by atoms with Gasteiger partial charge in [-0.25, -0.2) is 0 Å². The van der Waals surface area contributed by atoms with Crippen molar-refractivity contribution in [3.63, 3.8) is 0 Å². The van der Waals surface area contributed by atoms with E-state index >= 15 is 0 Å². The summed E-state index contributed by atoms with van der Waals surface area (Å²) in [5, 5.41) is 4.74. The molecule has 0 saturated heterocycles. The summed E-state index contributed by atoms with van der Waals surface area (Å²) >= 11 is 0. The van der Waals surface area contributed by atoms with Crippen molar-refractivity contribution in [2.45, 2.75) is 124 Å². The van der Waals surface area contributed by atoms with E-state index in [1.807, 2.05) is 0 Å². The molecule has 0 saturated carbocycles. The Bertz CT molecular complexity index is 3590. The molecule has 0 fully saturated rings. The van der Waals surface area contributed by atoms with Crippen LogP contribution in [0.3, 0.4) is 0 Å². The Kier molecular flexibility index (Phi) is 11.5. The first-order chi connectivity index (χ1) is 34.7. The summed E-state index contributed by atoms with van der Waals surface area (Å²) in [6.07, 6.45) is 0. The lowest BCUT2D eigenvalue weighted by Gasteiger charge is -2.42. The molecule has 73 heavy (non-hydrogen) atoms. The van der Waals surface area contributed by atoms with E-state index in [1.54, 1.807) is 0 Å². The minimum atomic E-state index is -1.92. The van der Waals surface area contributed by atoms with E-state index in [2.05, 4.69) is 280 Å². The molecule has 8 aromatic carbocycles. The van der Waals surface area contributed by atoms with Crippen LogP contribution in [-0.4, -0.2) is 24.1 Å². The molecule has 0 spiro atoms. The lowest BCUT2D eigenvalue weighted by atomic mass is 9.79. The van der Waals surface area contributed by atoms with Crippen molar-refractivity contribution in [1.82, 2.24) is 24.1 Å². The van der Waals surface area contributed by atoms with Gasteiger partial charge >= 0.3 is 0 Å². The zero-order chi connectivity index (χ0) is 51.2. The van der Waals surface area contributed by atoms with Crippen LogP contribution in [-0.2, 0) is 21.7 Å². The van der Waals surface area contributed by atoms with Crippen molar-refractivity contribution in [3.05, 3.63) is 210 Å². The van der Waals surface area contributed by atoms with Gasteiger partial charge in [0.2, 0.25) is 11.9 Å². The van der Waals surface area contributed by atoms with E-state index in [9.17, 15) is 0 Å². The first-order valence-electron chi connectivity index (χ1n) is 25.8. The second-order valence-corrected chi connectivity index (χ2v) is 27.0. The van der Waals surface area contributed by atoms with E-state index in [4.69, 9.17) is 15.0 Å². The number of fused-ring (bicyclic) bond motifs is 6. The zero-order valence-electron chi connectivity index (χ0n) is 44.5. The summed E-state index contributed by atoms with van der Waals surface area (Å²) in [5.74, 6) is 1.77. The molecular formula is C67H67N5S. The van der Waals surface area contributed by atoms with Gasteiger partial charge in [-0.15, -0.1) is 10.0 Å². The first kappa shape index (κ1) is 48.0. The van der Waals surface area contributed by atoms with Crippen LogP contribution in [0.5, 0.6) is 0 Å². The summed E-state index contributed by atoms with van der Waals surface area (Å²) < 4.78 is 4.65. The van der Waals surface area contributed by atoms with Crippen LogP contribution in [0.15, 0.2) is 208 Å². The van der Waals surface area contributed by atoms with Crippen molar-refractivity contribution in [2.24, 2.45) is 0 Å². The molecule has 11 aromatic rings. The fourth-order valence-electron chi connectivity index (χ4n) is 10.8. The highest BCUT2D eigenvalue weighted by atomic mass is 32.3. The second kappa shape index (κ2) is 17.4. The lowest BCUT2D eigenvalue weighted by molar-refractivity contribution is 0.571. The largest absolute Gasteiger partial charge is 0.277 e. The predicted octanol–water partition coefficient (Wildman–Crippen LogP) is 18.3. The Morgan fingerprint density at radius 3 is 1.03 bits per heavy atom. The molecular weight excluding hydrogens is 907 g/mol. The maximum absolute atomic E-state index is 5.72. The zero-order valence-corrected chi connectivity index (χ0v) is 45.4. The van der Waals surface area contributed by atoms with Crippen molar-refractivity contribution >= 4 is 53.6 Å². The number of rotatable bonds is 7. The van der Waals surface area contributed by atoms with Crippen molar-refractivity contribution in [3.8, 4) is 23.3 Å². The third kappa shape index (κ3) is 8.15. The summed E-state index contributed by atoms with van der Waals surface area (Å²) in [6.45, 7) is 27.8. The van der Waals surface area contributed by atoms with Crippen molar-refractivity contribution < 1.29 is 0 Å². The minimum Gasteiger partial charge on any atom is -0.277 e. The Morgan fingerprint density at radius 2 is 0.671 bits per heavy atom. The van der Waals surface area contributed by atoms with Gasteiger partial charge in [-0.2, -0.15) is 15.0 Å². The average Bonchev–Trinajstić information content (AvgIpc) is 3.89. The van der Waals surface area contributed by atoms with Crippen LogP contribution in [0.4, 0.5) is 0 Å². The SMILES string of the molecule is CC(C)(C)c1cc(C(C)(C)C)c2c(c1)c1ccccc1n2-c1nc(-c2ccc(S(c3ccccc3)(c3ccccc3)c3ccccc3)cc2)nc(-n2c3ccccc3c3cc(C(C)(C)C)cc(C(C)(C)C)c32)n1. The van der Waals surface area contributed by atoms with Gasteiger partial charge in [0.25, 0.3) is 0 Å². The second-order valence-electron chi connectivity index (χ2n) is 23.9. The number of benzene rings is 8. The normalized spacial score (nSPS) is 13.2. The Morgan fingerprint density at radius 1 is 0.329 bits per heavy atom. The summed E-state index contributed by atoms with van der Waals surface area (Å²) in [4.78, 5) is 22.0. The highest BCUT2D eigenvalue weighted by Crippen LogP contribution is 2.73. The monoisotopic (exact) mass is 974 g/mol. The molecule has 3 aromatic heterocycles. The maximum atomic E-state index is 5.72. The van der Waals surface area contributed by atoms with Crippen LogP contribution in [0.25, 0.3) is 66.9 Å². The van der Waals surface area contributed by atoms with Crippen LogP contribution in [0.1, 0.15) is 105 Å². The van der Waals surface area contributed by atoms with Crippen LogP contribution < -0.4 is 0 Å². The molecule has 0 bridgehead atoms. The number of hydrogen-bond donors (Lipinski definition) is 0. The number of aromatic nitrogens is 5. The minimum absolute atomic E-state index is 0.0634. The fraction of sp³-hybridized carbons (Fsp3) is 0.239. The van der Waals surface area contributed by atoms with E-state index in [1.165, 1.54) is 63.4 Å². The fourth-order valence-corrected chi connectivity index (χ4v) is 14.7. The molecule has 5 nitrogen and oxygen atoms in total. The van der Waals surface area contributed by atoms with Crippen LogP contribution >= 0.6 is 10.0 Å². The molecule has 366 valence electrons. The Labute approximate surface area is 433 Å². The molecule has 0 aliphatic carbocycles. The molecule has 0 radical (unpaired) electrons. The smallest absolute Gasteiger partial charge is 0.240 e. The Balaban J connectivity index is 1.25. The van der Waals surface area contributed by atoms with Gasteiger partial charge in [0.05, 0.1) is 22.1 Å². The highest BCUT2D eigenvalue weighted by molar-refractivity contribution is 8.34. The molecule has 0 unspecified atom stereocenters. The van der Waals surface area contributed by atoms with E-state index in [0.29, 0.717) is 17.7 Å². The molecule has 0 atom stereocenters. The third-order valence-corrected chi connectivity index (χ3v) is 18.6. The summed E-state index contributed by atoms with van der Waals surface area (Å²) in [7, 11) is -1.92. The maximum Gasteiger partial charge on any atom is 0.240 e. The average molecular weight is 974 g/mol. The number of hydrogen-bond acceptors (Lipinski definition) is 3. The molecule has 0 amide bonds. The van der Waals surface area contributed by atoms with Gasteiger partial charge in [0.15, 0.2) is 5.82 Å². The number of para-hydroxylation sites is 2. The molecule has 0 N–H and O–H groups in total. The summed E-state index contributed by atoms with van der Waals surface area (Å²) in [6, 6.07) is 69.4. The van der Waals surface area contributed by atoms with Gasteiger partial charge in [-0.05, 0) is 117 Å². The van der Waals surface area contributed by atoms with E-state index < -0.39 is 10.0 Å². The highest BCUT2D eigenvalue weighted by Gasteiger charge is 2.34. The van der Waals surface area contributed by atoms with Gasteiger partial charge in [0.1, 0.15) is 0 Å². The van der Waals surface area contributed by atoms with E-state index in [-0.39, 0.29) is 21.7 Å². The molecule has 0 aliphatic rings. The van der Waals surface area contributed by atoms with Crippen molar-refractivity contribution in [2.75, 3.05) is 0 Å².